The second-order valence-electron chi connectivity index (χ2n) is 4.15. The average molecular weight is 296 g/mol. The van der Waals surface area contributed by atoms with Gasteiger partial charge >= 0.3 is 0 Å². The smallest absolute Gasteiger partial charge is 0.240 e. The molecule has 0 bridgehead atoms. The van der Waals surface area contributed by atoms with Crippen LogP contribution in [0.1, 0.15) is 0 Å². The van der Waals surface area contributed by atoms with E-state index in [0.29, 0.717) is 17.1 Å². The number of carbonyl (C=O) groups excluding carboxylic acids is 2. The Morgan fingerprint density at radius 2 is 1.45 bits per heavy atom. The number of isocyanates is 2. The Kier molecular flexibility index (Phi) is 4.83. The van der Waals surface area contributed by atoms with Crippen molar-refractivity contribution in [2.24, 2.45) is 9.98 Å². The zero-order valence-corrected chi connectivity index (χ0v) is 12.0. The van der Waals surface area contributed by atoms with Crippen LogP contribution in [0, 0.1) is 0 Å². The summed E-state index contributed by atoms with van der Waals surface area (Å²) in [5, 5.41) is 0. The molecular formula is C16H12N2O4. The van der Waals surface area contributed by atoms with Crippen molar-refractivity contribution in [1.82, 2.24) is 0 Å². The normalized spacial score (nSPS) is 9.36. The molecule has 0 aliphatic heterocycles. The van der Waals surface area contributed by atoms with Crippen molar-refractivity contribution in [3.8, 4) is 22.6 Å². The molecule has 0 amide bonds. The van der Waals surface area contributed by atoms with Crippen LogP contribution in [0.4, 0.5) is 11.4 Å². The Hall–Kier alpha value is -3.20. The summed E-state index contributed by atoms with van der Waals surface area (Å²) >= 11 is 0. The lowest BCUT2D eigenvalue weighted by Gasteiger charge is -2.11. The summed E-state index contributed by atoms with van der Waals surface area (Å²) in [6.07, 6.45) is 2.91. The first-order chi connectivity index (χ1) is 10.7. The molecule has 0 atom stereocenters. The first-order valence-corrected chi connectivity index (χ1v) is 6.26. The van der Waals surface area contributed by atoms with Crippen LogP contribution in [0.25, 0.3) is 11.1 Å². The maximum Gasteiger partial charge on any atom is 0.240 e. The van der Waals surface area contributed by atoms with Crippen molar-refractivity contribution in [2.45, 2.75) is 0 Å². The van der Waals surface area contributed by atoms with Crippen LogP contribution in [-0.4, -0.2) is 26.4 Å². The topological polar surface area (TPSA) is 77.3 Å². The van der Waals surface area contributed by atoms with Crippen LogP contribution in [0.2, 0.25) is 0 Å². The lowest BCUT2D eigenvalue weighted by molar-refractivity contribution is 0.415. The number of hydrogen-bond donors (Lipinski definition) is 0. The maximum absolute atomic E-state index is 10.7. The molecule has 0 aliphatic rings. The van der Waals surface area contributed by atoms with Crippen molar-refractivity contribution in [1.29, 1.82) is 0 Å². The van der Waals surface area contributed by atoms with E-state index >= 15 is 0 Å². The maximum atomic E-state index is 10.7. The third-order valence-electron chi connectivity index (χ3n) is 3.05. The van der Waals surface area contributed by atoms with Gasteiger partial charge < -0.3 is 9.47 Å². The Morgan fingerprint density at radius 3 is 2.00 bits per heavy atom. The Morgan fingerprint density at radius 1 is 0.818 bits per heavy atom. The Balaban J connectivity index is 2.71. The van der Waals surface area contributed by atoms with Crippen LogP contribution in [0.3, 0.4) is 0 Å². The molecular weight excluding hydrogens is 284 g/mol. The first-order valence-electron chi connectivity index (χ1n) is 6.26. The van der Waals surface area contributed by atoms with Crippen LogP contribution in [0.5, 0.6) is 11.5 Å². The predicted octanol–water partition coefficient (Wildman–Crippen LogP) is 3.31. The molecule has 2 rings (SSSR count). The van der Waals surface area contributed by atoms with Crippen molar-refractivity contribution in [3.63, 3.8) is 0 Å². The van der Waals surface area contributed by atoms with E-state index in [1.807, 2.05) is 0 Å². The van der Waals surface area contributed by atoms with Gasteiger partial charge in [-0.25, -0.2) is 9.59 Å². The summed E-state index contributed by atoms with van der Waals surface area (Å²) < 4.78 is 10.2. The fourth-order valence-electron chi connectivity index (χ4n) is 2.04. The Bertz CT molecular complexity index is 771. The van der Waals surface area contributed by atoms with E-state index in [9.17, 15) is 9.59 Å². The van der Waals surface area contributed by atoms with Gasteiger partial charge in [-0.05, 0) is 29.8 Å². The number of benzene rings is 2. The minimum absolute atomic E-state index is 0.133. The van der Waals surface area contributed by atoms with Gasteiger partial charge in [0.2, 0.25) is 12.2 Å². The number of ether oxygens (including phenoxy) is 2. The van der Waals surface area contributed by atoms with E-state index in [0.717, 1.165) is 5.56 Å². The summed E-state index contributed by atoms with van der Waals surface area (Å²) in [7, 11) is 3.00. The highest BCUT2D eigenvalue weighted by Crippen LogP contribution is 2.44. The molecule has 0 fully saturated rings. The highest BCUT2D eigenvalue weighted by atomic mass is 16.5. The molecule has 2 aromatic rings. The molecule has 0 unspecified atom stereocenters. The molecule has 6 heteroatoms. The second-order valence-corrected chi connectivity index (χ2v) is 4.15. The summed E-state index contributed by atoms with van der Waals surface area (Å²) in [5.41, 5.74) is 1.72. The van der Waals surface area contributed by atoms with E-state index in [1.165, 1.54) is 19.3 Å². The van der Waals surface area contributed by atoms with Crippen molar-refractivity contribution in [2.75, 3.05) is 14.2 Å². The molecule has 0 spiro atoms. The molecule has 0 N–H and O–H groups in total. The lowest BCUT2D eigenvalue weighted by atomic mass is 10.0. The number of hydrogen-bond acceptors (Lipinski definition) is 6. The molecule has 0 radical (unpaired) electrons. The standard InChI is InChI=1S/C16H12N2O4/c1-21-12-5-3-11(4-6-12)13-7-8-14(22-2)16(18-10-20)15(13)17-9-19/h3-8H,1-2H3. The van der Waals surface area contributed by atoms with Crippen LogP contribution in [-0.2, 0) is 9.59 Å². The van der Waals surface area contributed by atoms with Crippen molar-refractivity contribution < 1.29 is 19.1 Å². The molecule has 0 aromatic heterocycles. The molecule has 0 saturated carbocycles. The summed E-state index contributed by atoms with van der Waals surface area (Å²) in [4.78, 5) is 28.6. The Labute approximate surface area is 126 Å². The van der Waals surface area contributed by atoms with E-state index in [-0.39, 0.29) is 11.4 Å². The fourth-order valence-corrected chi connectivity index (χ4v) is 2.04. The van der Waals surface area contributed by atoms with Gasteiger partial charge in [0.1, 0.15) is 22.9 Å². The molecule has 0 aliphatic carbocycles. The average Bonchev–Trinajstić information content (AvgIpc) is 2.56. The summed E-state index contributed by atoms with van der Waals surface area (Å²) in [6.45, 7) is 0. The quantitative estimate of drug-likeness (QED) is 0.626. The zero-order chi connectivity index (χ0) is 15.9. The first kappa shape index (κ1) is 15.2. The van der Waals surface area contributed by atoms with Gasteiger partial charge in [-0.15, -0.1) is 0 Å². The molecule has 6 nitrogen and oxygen atoms in total. The van der Waals surface area contributed by atoms with Gasteiger partial charge in [-0.2, -0.15) is 9.98 Å². The van der Waals surface area contributed by atoms with Gasteiger partial charge in [-0.3, -0.25) is 0 Å². The van der Waals surface area contributed by atoms with Gasteiger partial charge in [0.25, 0.3) is 0 Å². The van der Waals surface area contributed by atoms with E-state index in [4.69, 9.17) is 9.47 Å². The van der Waals surface area contributed by atoms with Crippen molar-refractivity contribution in [3.05, 3.63) is 36.4 Å². The van der Waals surface area contributed by atoms with E-state index in [2.05, 4.69) is 9.98 Å². The van der Waals surface area contributed by atoms with Crippen LogP contribution in [0.15, 0.2) is 46.4 Å². The number of rotatable bonds is 5. The molecule has 22 heavy (non-hydrogen) atoms. The molecule has 0 saturated heterocycles. The monoisotopic (exact) mass is 296 g/mol. The second kappa shape index (κ2) is 6.99. The minimum Gasteiger partial charge on any atom is -0.497 e. The molecule has 2 aromatic carbocycles. The third-order valence-corrected chi connectivity index (χ3v) is 3.05. The highest BCUT2D eigenvalue weighted by Gasteiger charge is 2.15. The van der Waals surface area contributed by atoms with Crippen LogP contribution >= 0.6 is 0 Å². The largest absolute Gasteiger partial charge is 0.497 e. The molecule has 110 valence electrons. The van der Waals surface area contributed by atoms with Gasteiger partial charge in [0, 0.05) is 5.56 Å². The lowest BCUT2D eigenvalue weighted by Crippen LogP contribution is -1.87. The van der Waals surface area contributed by atoms with Crippen molar-refractivity contribution >= 4 is 23.5 Å². The fraction of sp³-hybridized carbons (Fsp3) is 0.125. The SMILES string of the molecule is COc1ccc(-c2ccc(OC)c(N=C=O)c2N=C=O)cc1. The highest BCUT2D eigenvalue weighted by molar-refractivity contribution is 5.89. The predicted molar refractivity (Wildman–Crippen MR) is 80.5 cm³/mol. The minimum atomic E-state index is 0.133. The summed E-state index contributed by atoms with van der Waals surface area (Å²) in [5.74, 6) is 1.01. The number of nitrogens with zero attached hydrogens (tertiary/aromatic N) is 2. The van der Waals surface area contributed by atoms with Crippen LogP contribution < -0.4 is 9.47 Å². The van der Waals surface area contributed by atoms with Gasteiger partial charge in [0.15, 0.2) is 0 Å². The molecule has 0 heterocycles. The number of aliphatic imine (C=N–C) groups is 2. The zero-order valence-electron chi connectivity index (χ0n) is 12.0. The van der Waals surface area contributed by atoms with Gasteiger partial charge in [0.05, 0.1) is 14.2 Å². The third kappa shape index (κ3) is 2.94. The van der Waals surface area contributed by atoms with E-state index < -0.39 is 0 Å². The summed E-state index contributed by atoms with van der Waals surface area (Å²) in [6, 6.07) is 10.5. The number of methoxy groups -OCH3 is 2. The van der Waals surface area contributed by atoms with Gasteiger partial charge in [-0.1, -0.05) is 12.1 Å². The van der Waals surface area contributed by atoms with E-state index in [1.54, 1.807) is 43.5 Å².